The van der Waals surface area contributed by atoms with Gasteiger partial charge in [0.25, 0.3) is 0 Å². The van der Waals surface area contributed by atoms with Crippen LogP contribution in [0.4, 0.5) is 8.78 Å². The summed E-state index contributed by atoms with van der Waals surface area (Å²) < 4.78 is 29.1. The van der Waals surface area contributed by atoms with Crippen molar-refractivity contribution in [3.63, 3.8) is 0 Å². The molecule has 2 aromatic carbocycles. The molecule has 1 heterocycles. The van der Waals surface area contributed by atoms with Crippen LogP contribution in [0.25, 0.3) is 11.0 Å². The quantitative estimate of drug-likeness (QED) is 0.668. The highest BCUT2D eigenvalue weighted by Gasteiger charge is 2.14. The van der Waals surface area contributed by atoms with Gasteiger partial charge in [-0.1, -0.05) is 12.1 Å². The molecule has 0 amide bonds. The van der Waals surface area contributed by atoms with Gasteiger partial charge in [-0.05, 0) is 61.5 Å². The Hall–Kier alpha value is -2.01. The van der Waals surface area contributed by atoms with Crippen molar-refractivity contribution in [3.8, 4) is 0 Å². The van der Waals surface area contributed by atoms with Crippen LogP contribution in [-0.2, 0) is 0 Å². The van der Waals surface area contributed by atoms with Gasteiger partial charge < -0.3 is 9.55 Å². The number of nitrogens with one attached hydrogen (secondary N) is 1. The molecule has 1 N–H and O–H groups in total. The van der Waals surface area contributed by atoms with Gasteiger partial charge in [0.2, 0.25) is 0 Å². The minimum atomic E-state index is -0.272. The predicted octanol–water partition coefficient (Wildman–Crippen LogP) is 4.89. The second kappa shape index (κ2) is 5.07. The highest BCUT2D eigenvalue weighted by molar-refractivity contribution is 7.71. The minimum Gasteiger partial charge on any atom is -0.330 e. The number of hydrogen-bond acceptors (Lipinski definition) is 1. The van der Waals surface area contributed by atoms with Gasteiger partial charge in [-0.15, -0.1) is 0 Å². The fourth-order valence-electron chi connectivity index (χ4n) is 2.53. The van der Waals surface area contributed by atoms with E-state index in [1.807, 2.05) is 11.5 Å². The van der Waals surface area contributed by atoms with Crippen molar-refractivity contribution in [2.45, 2.75) is 19.9 Å². The molecule has 0 radical (unpaired) electrons. The molecule has 0 aliphatic rings. The van der Waals surface area contributed by atoms with Crippen molar-refractivity contribution in [3.05, 3.63) is 63.9 Å². The third-order valence-corrected chi connectivity index (χ3v) is 4.04. The molecule has 0 saturated heterocycles. The molecule has 21 heavy (non-hydrogen) atoms. The number of fused-ring (bicyclic) bond motifs is 1. The van der Waals surface area contributed by atoms with E-state index in [9.17, 15) is 8.78 Å². The summed E-state index contributed by atoms with van der Waals surface area (Å²) in [5.41, 5.74) is 3.01. The largest absolute Gasteiger partial charge is 0.330 e. The number of hydrogen-bond donors (Lipinski definition) is 1. The Morgan fingerprint density at radius 3 is 2.48 bits per heavy atom. The Bertz CT molecular complexity index is 862. The molecule has 1 aromatic heterocycles. The van der Waals surface area contributed by atoms with Gasteiger partial charge in [0.1, 0.15) is 11.6 Å². The molecule has 2 nitrogen and oxygen atoms in total. The average molecular weight is 304 g/mol. The fourth-order valence-corrected chi connectivity index (χ4v) is 2.89. The fraction of sp³-hybridized carbons (Fsp3) is 0.188. The molecule has 3 aromatic rings. The molecule has 1 unspecified atom stereocenters. The van der Waals surface area contributed by atoms with Crippen molar-refractivity contribution in [1.29, 1.82) is 0 Å². The summed E-state index contributed by atoms with van der Waals surface area (Å²) in [5, 5.41) is 0. The van der Waals surface area contributed by atoms with E-state index in [0.717, 1.165) is 11.1 Å². The molecule has 5 heteroatoms. The zero-order valence-electron chi connectivity index (χ0n) is 11.7. The lowest BCUT2D eigenvalue weighted by atomic mass is 10.1. The zero-order valence-corrected chi connectivity index (χ0v) is 12.5. The number of rotatable bonds is 2. The maximum Gasteiger partial charge on any atom is 0.178 e. The number of aromatic amines is 1. The molecule has 0 bridgehead atoms. The van der Waals surface area contributed by atoms with Gasteiger partial charge in [0.05, 0.1) is 17.1 Å². The van der Waals surface area contributed by atoms with E-state index in [1.165, 1.54) is 18.2 Å². The summed E-state index contributed by atoms with van der Waals surface area (Å²) in [7, 11) is 0. The zero-order chi connectivity index (χ0) is 15.1. The summed E-state index contributed by atoms with van der Waals surface area (Å²) in [5.74, 6) is -0.535. The Morgan fingerprint density at radius 1 is 1.14 bits per heavy atom. The van der Waals surface area contributed by atoms with E-state index in [4.69, 9.17) is 12.2 Å². The molecule has 0 saturated carbocycles. The summed E-state index contributed by atoms with van der Waals surface area (Å²) in [6, 6.07) is 9.47. The lowest BCUT2D eigenvalue weighted by Gasteiger charge is -2.15. The van der Waals surface area contributed by atoms with Gasteiger partial charge in [0, 0.05) is 0 Å². The number of aromatic nitrogens is 2. The second-order valence-electron chi connectivity index (χ2n) is 5.15. The van der Waals surface area contributed by atoms with Crippen LogP contribution in [0.1, 0.15) is 24.1 Å². The van der Waals surface area contributed by atoms with E-state index in [2.05, 4.69) is 4.98 Å². The molecule has 0 fully saturated rings. The number of benzene rings is 2. The van der Waals surface area contributed by atoms with Gasteiger partial charge in [-0.25, -0.2) is 8.78 Å². The predicted molar refractivity (Wildman–Crippen MR) is 82.0 cm³/mol. The summed E-state index contributed by atoms with van der Waals surface area (Å²) in [6.07, 6.45) is 0. The first-order valence-corrected chi connectivity index (χ1v) is 7.04. The molecule has 0 spiro atoms. The third-order valence-electron chi connectivity index (χ3n) is 3.74. The van der Waals surface area contributed by atoms with E-state index < -0.39 is 0 Å². The second-order valence-corrected chi connectivity index (χ2v) is 5.53. The summed E-state index contributed by atoms with van der Waals surface area (Å²) in [6.45, 7) is 3.70. The van der Waals surface area contributed by atoms with Crippen LogP contribution in [0.5, 0.6) is 0 Å². The van der Waals surface area contributed by atoms with Crippen LogP contribution >= 0.6 is 12.2 Å². The maximum atomic E-state index is 13.7. The van der Waals surface area contributed by atoms with Crippen LogP contribution in [0.15, 0.2) is 36.4 Å². The molecule has 1 atom stereocenters. The highest BCUT2D eigenvalue weighted by Crippen LogP contribution is 2.26. The average Bonchev–Trinajstić information content (AvgIpc) is 2.75. The smallest absolute Gasteiger partial charge is 0.178 e. The lowest BCUT2D eigenvalue weighted by molar-refractivity contribution is 0.615. The molecule has 3 rings (SSSR count). The van der Waals surface area contributed by atoms with Crippen molar-refractivity contribution in [2.75, 3.05) is 0 Å². The number of nitrogens with zero attached hydrogens (tertiary/aromatic N) is 1. The van der Waals surface area contributed by atoms with E-state index >= 15 is 0 Å². The van der Waals surface area contributed by atoms with Crippen molar-refractivity contribution >= 4 is 23.3 Å². The third kappa shape index (κ3) is 2.38. The molecular weight excluding hydrogens is 290 g/mol. The van der Waals surface area contributed by atoms with Gasteiger partial charge in [0.15, 0.2) is 4.77 Å². The monoisotopic (exact) mass is 304 g/mol. The summed E-state index contributed by atoms with van der Waals surface area (Å²) in [4.78, 5) is 3.02. The molecule has 0 aliphatic carbocycles. The Balaban J connectivity index is 2.19. The lowest BCUT2D eigenvalue weighted by Crippen LogP contribution is -2.07. The van der Waals surface area contributed by atoms with Crippen LogP contribution in [-0.4, -0.2) is 9.55 Å². The number of imidazole rings is 1. The first-order chi connectivity index (χ1) is 9.97. The van der Waals surface area contributed by atoms with Crippen LogP contribution in [0, 0.1) is 23.3 Å². The van der Waals surface area contributed by atoms with Gasteiger partial charge in [-0.2, -0.15) is 0 Å². The Labute approximate surface area is 126 Å². The number of halogens is 2. The standard InChI is InChI=1S/C16H14F2N2S/c1-9-7-15-14(8-13(9)18)19-16(21)20(15)10(2)11-3-5-12(17)6-4-11/h3-8,10H,1-2H3,(H,19,21). The first kappa shape index (κ1) is 13.9. The van der Waals surface area contributed by atoms with E-state index in [-0.39, 0.29) is 17.7 Å². The maximum absolute atomic E-state index is 13.7. The van der Waals surface area contributed by atoms with E-state index in [0.29, 0.717) is 15.9 Å². The van der Waals surface area contributed by atoms with Crippen molar-refractivity contribution in [1.82, 2.24) is 9.55 Å². The molecule has 0 aliphatic heterocycles. The first-order valence-electron chi connectivity index (χ1n) is 6.63. The van der Waals surface area contributed by atoms with Gasteiger partial charge in [-0.3, -0.25) is 0 Å². The highest BCUT2D eigenvalue weighted by atomic mass is 32.1. The Kier molecular flexibility index (Phi) is 3.37. The van der Waals surface area contributed by atoms with Crippen molar-refractivity contribution < 1.29 is 8.78 Å². The van der Waals surface area contributed by atoms with Crippen LogP contribution in [0.2, 0.25) is 0 Å². The minimum absolute atomic E-state index is 0.0725. The summed E-state index contributed by atoms with van der Waals surface area (Å²) >= 11 is 5.35. The normalized spacial score (nSPS) is 12.8. The number of aryl methyl sites for hydroxylation is 1. The molecular formula is C16H14F2N2S. The molecule has 108 valence electrons. The van der Waals surface area contributed by atoms with Crippen LogP contribution < -0.4 is 0 Å². The van der Waals surface area contributed by atoms with Crippen LogP contribution in [0.3, 0.4) is 0 Å². The number of H-pyrrole nitrogens is 1. The Morgan fingerprint density at radius 2 is 1.81 bits per heavy atom. The SMILES string of the molecule is Cc1cc2c(cc1F)[nH]c(=S)n2C(C)c1ccc(F)cc1. The topological polar surface area (TPSA) is 20.7 Å². The van der Waals surface area contributed by atoms with E-state index in [1.54, 1.807) is 25.1 Å². The van der Waals surface area contributed by atoms with Crippen molar-refractivity contribution in [2.24, 2.45) is 0 Å². The van der Waals surface area contributed by atoms with Gasteiger partial charge >= 0.3 is 0 Å².